The van der Waals surface area contributed by atoms with Gasteiger partial charge in [0.05, 0.1) is 73.9 Å². The van der Waals surface area contributed by atoms with E-state index in [4.69, 9.17) is 24.9 Å². The van der Waals surface area contributed by atoms with Crippen LogP contribution in [0.4, 0.5) is 21.6 Å². The van der Waals surface area contributed by atoms with Gasteiger partial charge in [-0.25, -0.2) is 19.3 Å². The fourth-order valence-corrected chi connectivity index (χ4v) is 8.89. The zero-order valence-corrected chi connectivity index (χ0v) is 39.1. The number of aryl methyl sites for hydroxylation is 1. The number of aromatic nitrogens is 4. The van der Waals surface area contributed by atoms with Gasteiger partial charge in [-0.1, -0.05) is 13.8 Å². The maximum Gasteiger partial charge on any atom is 0.262 e. The van der Waals surface area contributed by atoms with E-state index >= 15 is 4.39 Å². The lowest BCUT2D eigenvalue weighted by atomic mass is 10.0. The van der Waals surface area contributed by atoms with Gasteiger partial charge in [-0.15, -0.1) is 0 Å². The summed E-state index contributed by atoms with van der Waals surface area (Å²) in [6.07, 6.45) is 2.00. The van der Waals surface area contributed by atoms with Crippen LogP contribution in [-0.4, -0.2) is 156 Å². The number of nitrogens with one attached hydrogen (secondary N) is 2. The summed E-state index contributed by atoms with van der Waals surface area (Å²) in [7, 11) is 0. The van der Waals surface area contributed by atoms with E-state index < -0.39 is 29.7 Å². The molecule has 4 N–H and O–H groups in total. The number of halogens is 1. The number of rotatable bonds is 18. The fraction of sp³-hybridized carbons (Fsp3) is 0.429. The van der Waals surface area contributed by atoms with Crippen molar-refractivity contribution in [3.63, 3.8) is 0 Å². The molecule has 5 amide bonds. The Labute approximate surface area is 399 Å². The van der Waals surface area contributed by atoms with E-state index in [0.29, 0.717) is 93.4 Å². The van der Waals surface area contributed by atoms with Crippen LogP contribution in [0.3, 0.4) is 0 Å². The lowest BCUT2D eigenvalue weighted by molar-refractivity contribution is -0.136. The van der Waals surface area contributed by atoms with Crippen LogP contribution in [-0.2, 0) is 28.6 Å². The lowest BCUT2D eigenvalue weighted by Gasteiger charge is -2.41. The van der Waals surface area contributed by atoms with Gasteiger partial charge in [-0.3, -0.25) is 43.7 Å². The molecule has 2 aromatic carbocycles. The molecule has 20 heteroatoms. The van der Waals surface area contributed by atoms with E-state index in [1.165, 1.54) is 0 Å². The zero-order chi connectivity index (χ0) is 48.6. The molecule has 4 aliphatic rings. The van der Waals surface area contributed by atoms with E-state index in [1.54, 1.807) is 36.5 Å². The third-order valence-corrected chi connectivity index (χ3v) is 12.5. The Morgan fingerprint density at radius 2 is 1.52 bits per heavy atom. The number of piperidine rings is 1. The molecule has 1 atom stereocenters. The van der Waals surface area contributed by atoms with Gasteiger partial charge in [0.15, 0.2) is 5.65 Å². The Balaban J connectivity index is 0.00000317. The van der Waals surface area contributed by atoms with Crippen LogP contribution in [0.25, 0.3) is 28.1 Å². The summed E-state index contributed by atoms with van der Waals surface area (Å²) >= 11 is 0. The standard InChI is InChI=1S/C47H52FN11O8.C2H6/c1-29-51-38-6-5-37(30-10-12-50-41(49)24-30)53-44(38)58(29)33-3-7-39(36(48)26-33)56-15-13-55(14-16-56)17-19-66-21-23-67-22-20-65-18-11-43(61)52-31-27-57(28-31)32-2-4-34-35(25-32)47(64)59(46(34)63)40-8-9-42(60)54-45(40)62;1-2/h2-7,10,12,24-26,31,40H,8-9,11,13-23,27-28H2,1H3,(H2,49,50)(H,52,61)(H,54,60,62);1-2H3. The van der Waals surface area contributed by atoms with Crippen molar-refractivity contribution in [3.8, 4) is 16.9 Å². The number of fused-ring (bicyclic) bond motifs is 2. The molecule has 9 rings (SSSR count). The lowest BCUT2D eigenvalue weighted by Crippen LogP contribution is -2.59. The van der Waals surface area contributed by atoms with Gasteiger partial charge < -0.3 is 35.1 Å². The van der Waals surface area contributed by atoms with Crippen molar-refractivity contribution >= 4 is 57.9 Å². The largest absolute Gasteiger partial charge is 0.384 e. The first kappa shape index (κ1) is 48.6. The molecule has 5 aromatic rings. The molecular weight excluding hydrogens is 890 g/mol. The summed E-state index contributed by atoms with van der Waals surface area (Å²) in [4.78, 5) is 83.5. The maximum absolute atomic E-state index is 15.7. The first-order valence-corrected chi connectivity index (χ1v) is 23.5. The molecule has 0 radical (unpaired) electrons. The van der Waals surface area contributed by atoms with Crippen LogP contribution in [0.1, 0.15) is 59.7 Å². The number of imidazole rings is 1. The number of nitrogen functional groups attached to an aromatic ring is 1. The van der Waals surface area contributed by atoms with Crippen molar-refractivity contribution in [1.29, 1.82) is 0 Å². The van der Waals surface area contributed by atoms with Crippen LogP contribution in [0.2, 0.25) is 0 Å². The Morgan fingerprint density at radius 3 is 2.25 bits per heavy atom. The number of ether oxygens (including phenoxy) is 3. The first-order valence-electron chi connectivity index (χ1n) is 23.5. The summed E-state index contributed by atoms with van der Waals surface area (Å²) < 4.78 is 34.6. The molecule has 7 heterocycles. The van der Waals surface area contributed by atoms with Crippen LogP contribution in [0.5, 0.6) is 0 Å². The highest BCUT2D eigenvalue weighted by molar-refractivity contribution is 6.23. The molecule has 3 aromatic heterocycles. The molecule has 1 unspecified atom stereocenters. The molecule has 3 fully saturated rings. The fourth-order valence-electron chi connectivity index (χ4n) is 8.89. The number of pyridine rings is 2. The van der Waals surface area contributed by atoms with Gasteiger partial charge in [0, 0.05) is 82.2 Å². The number of carbonyl (C=O) groups excluding carboxylic acids is 5. The van der Waals surface area contributed by atoms with Gasteiger partial charge in [0.25, 0.3) is 11.8 Å². The van der Waals surface area contributed by atoms with Crippen molar-refractivity contribution in [1.82, 2.24) is 40.0 Å². The number of piperazine rings is 1. The minimum absolute atomic E-state index is 0.0570. The average molecular weight is 948 g/mol. The molecule has 0 bridgehead atoms. The number of anilines is 3. The Kier molecular flexibility index (Phi) is 15.5. The second kappa shape index (κ2) is 22.0. The van der Waals surface area contributed by atoms with Crippen LogP contribution >= 0.6 is 0 Å². The molecule has 19 nitrogen and oxygen atoms in total. The smallest absolute Gasteiger partial charge is 0.262 e. The number of hydrogen-bond donors (Lipinski definition) is 3. The van der Waals surface area contributed by atoms with Crippen molar-refractivity contribution in [2.75, 3.05) is 101 Å². The van der Waals surface area contributed by atoms with E-state index in [-0.39, 0.29) is 54.8 Å². The second-order valence-electron chi connectivity index (χ2n) is 16.9. The molecule has 364 valence electrons. The molecule has 0 saturated carbocycles. The van der Waals surface area contributed by atoms with E-state index in [9.17, 15) is 24.0 Å². The highest BCUT2D eigenvalue weighted by Crippen LogP contribution is 2.33. The summed E-state index contributed by atoms with van der Waals surface area (Å²) in [6, 6.07) is 16.6. The average Bonchev–Trinajstić information content (AvgIpc) is 3.80. The van der Waals surface area contributed by atoms with E-state index in [2.05, 4.69) is 30.4 Å². The van der Waals surface area contributed by atoms with Gasteiger partial charge in [-0.2, -0.15) is 0 Å². The highest BCUT2D eigenvalue weighted by Gasteiger charge is 2.45. The van der Waals surface area contributed by atoms with Gasteiger partial charge in [0.2, 0.25) is 17.7 Å². The summed E-state index contributed by atoms with van der Waals surface area (Å²) in [5, 5.41) is 5.19. The van der Waals surface area contributed by atoms with Gasteiger partial charge in [-0.05, 0) is 67.9 Å². The molecule has 3 saturated heterocycles. The number of carbonyl (C=O) groups is 5. The topological polar surface area (TPSA) is 220 Å². The van der Waals surface area contributed by atoms with Crippen molar-refractivity contribution in [2.24, 2.45) is 0 Å². The number of hydrogen-bond acceptors (Lipinski definition) is 15. The number of amides is 5. The minimum Gasteiger partial charge on any atom is -0.384 e. The molecule has 0 spiro atoms. The van der Waals surface area contributed by atoms with Crippen LogP contribution in [0.15, 0.2) is 66.9 Å². The van der Waals surface area contributed by atoms with Crippen molar-refractivity contribution < 1.29 is 42.6 Å². The molecule has 0 aliphatic carbocycles. The van der Waals surface area contributed by atoms with Crippen LogP contribution < -0.4 is 26.2 Å². The number of imide groups is 2. The quantitative estimate of drug-likeness (QED) is 0.0846. The summed E-state index contributed by atoms with van der Waals surface area (Å²) in [5.74, 6) is -1.51. The Bertz CT molecular complexity index is 2700. The zero-order valence-electron chi connectivity index (χ0n) is 39.1. The van der Waals surface area contributed by atoms with Crippen molar-refractivity contribution in [3.05, 3.63) is 89.6 Å². The van der Waals surface area contributed by atoms with Gasteiger partial charge >= 0.3 is 0 Å². The van der Waals surface area contributed by atoms with Crippen LogP contribution in [0, 0.1) is 12.7 Å². The van der Waals surface area contributed by atoms with Gasteiger partial charge in [0.1, 0.15) is 29.0 Å². The third kappa shape index (κ3) is 11.0. The van der Waals surface area contributed by atoms with E-state index in [1.807, 2.05) is 60.6 Å². The number of nitrogens with two attached hydrogens (primary N) is 1. The predicted molar refractivity (Wildman–Crippen MR) is 256 cm³/mol. The third-order valence-electron chi connectivity index (χ3n) is 12.5. The molecular formula is C49H58FN11O8. The second-order valence-corrected chi connectivity index (χ2v) is 16.9. The minimum atomic E-state index is -1.02. The number of benzene rings is 2. The molecule has 4 aliphatic heterocycles. The predicted octanol–water partition coefficient (Wildman–Crippen LogP) is 3.51. The Hall–Kier alpha value is -6.87. The van der Waals surface area contributed by atoms with Crippen molar-refractivity contribution in [2.45, 2.75) is 52.1 Å². The highest BCUT2D eigenvalue weighted by atomic mass is 19.1. The monoisotopic (exact) mass is 947 g/mol. The normalized spacial score (nSPS) is 17.4. The molecule has 69 heavy (non-hydrogen) atoms. The first-order chi connectivity index (χ1) is 33.5. The van der Waals surface area contributed by atoms with E-state index in [0.717, 1.165) is 41.5 Å². The SMILES string of the molecule is CC.Cc1nc2ccc(-c3ccnc(N)c3)nc2n1-c1ccc(N2CCN(CCOCCOCCOCCC(=O)NC3CN(c4ccc5c(c4)C(=O)N(C4CCC(=O)NC4=O)C5=O)C3)CC2)c(F)c1. The Morgan fingerprint density at radius 1 is 0.812 bits per heavy atom. The summed E-state index contributed by atoms with van der Waals surface area (Å²) in [5.41, 5.74) is 11.2. The number of nitrogens with zero attached hydrogens (tertiary/aromatic N) is 8. The maximum atomic E-state index is 15.7. The summed E-state index contributed by atoms with van der Waals surface area (Å²) in [6.45, 7) is 13.1.